The summed E-state index contributed by atoms with van der Waals surface area (Å²) in [6.07, 6.45) is 0. The molecule has 4 rings (SSSR count). The van der Waals surface area contributed by atoms with E-state index < -0.39 is 28.3 Å². The number of nitrogens with zero attached hydrogens (tertiary/aromatic N) is 2. The number of rotatable bonds is 0. The zero-order chi connectivity index (χ0) is 20.9. The van der Waals surface area contributed by atoms with Gasteiger partial charge in [-0.15, -0.1) is 0 Å². The van der Waals surface area contributed by atoms with Crippen LogP contribution in [0.25, 0.3) is 16.4 Å². The lowest BCUT2D eigenvalue weighted by atomic mass is 9.84. The van der Waals surface area contributed by atoms with Gasteiger partial charge in [-0.05, 0) is 38.6 Å². The molecule has 0 saturated heterocycles. The van der Waals surface area contributed by atoms with Crippen LogP contribution in [0.3, 0.4) is 0 Å². The van der Waals surface area contributed by atoms with Gasteiger partial charge < -0.3 is 25.2 Å². The highest BCUT2D eigenvalue weighted by Gasteiger charge is 2.48. The smallest absolute Gasteiger partial charge is 0.279 e. The SMILES string of the molecule is Bc1c(O)c(O)c2c(c(B)c(O)n3c4c(c(=O)nc23)C(C)(C)OC4(C)C)c1O. The van der Waals surface area contributed by atoms with Crippen molar-refractivity contribution in [3.8, 4) is 23.1 Å². The predicted octanol–water partition coefficient (Wildman–Crippen LogP) is -1.31. The molecule has 0 atom stereocenters. The summed E-state index contributed by atoms with van der Waals surface area (Å²) in [5, 5.41) is 42.5. The summed E-state index contributed by atoms with van der Waals surface area (Å²) in [6, 6.07) is 0. The number of hydrogen-bond donors (Lipinski definition) is 4. The molecule has 0 saturated carbocycles. The Hall–Kier alpha value is -2.87. The Morgan fingerprint density at radius 3 is 2.11 bits per heavy atom. The van der Waals surface area contributed by atoms with E-state index >= 15 is 0 Å². The van der Waals surface area contributed by atoms with Crippen molar-refractivity contribution in [2.45, 2.75) is 38.9 Å². The molecule has 1 aliphatic heterocycles. The quantitative estimate of drug-likeness (QED) is 0.165. The van der Waals surface area contributed by atoms with Gasteiger partial charge in [-0.1, -0.05) is 0 Å². The van der Waals surface area contributed by atoms with Crippen molar-refractivity contribution in [2.75, 3.05) is 0 Å². The van der Waals surface area contributed by atoms with Gasteiger partial charge in [0.15, 0.2) is 23.0 Å². The van der Waals surface area contributed by atoms with Crippen molar-refractivity contribution < 1.29 is 25.2 Å². The number of pyridine rings is 1. The molecule has 4 N–H and O–H groups in total. The van der Waals surface area contributed by atoms with Gasteiger partial charge >= 0.3 is 0 Å². The van der Waals surface area contributed by atoms with Crippen LogP contribution >= 0.6 is 0 Å². The van der Waals surface area contributed by atoms with Crippen molar-refractivity contribution in [3.05, 3.63) is 21.6 Å². The molecule has 0 aliphatic carbocycles. The second-order valence-electron chi connectivity index (χ2n) is 8.29. The molecule has 3 aromatic rings. The zero-order valence-corrected chi connectivity index (χ0v) is 16.5. The van der Waals surface area contributed by atoms with Gasteiger partial charge in [0.05, 0.1) is 22.2 Å². The summed E-state index contributed by atoms with van der Waals surface area (Å²) in [6.45, 7) is 7.05. The second-order valence-corrected chi connectivity index (χ2v) is 8.29. The summed E-state index contributed by atoms with van der Waals surface area (Å²) in [4.78, 5) is 17.0. The highest BCUT2D eigenvalue weighted by Crippen LogP contribution is 2.47. The molecule has 0 amide bonds. The van der Waals surface area contributed by atoms with Crippen LogP contribution in [0.15, 0.2) is 4.79 Å². The molecule has 3 heterocycles. The van der Waals surface area contributed by atoms with Crippen LogP contribution in [0.2, 0.25) is 0 Å². The Bertz CT molecular complexity index is 1280. The van der Waals surface area contributed by atoms with Crippen LogP contribution in [0.4, 0.5) is 0 Å². The Morgan fingerprint density at radius 2 is 1.50 bits per heavy atom. The number of aromatic nitrogens is 2. The van der Waals surface area contributed by atoms with E-state index in [0.29, 0.717) is 11.3 Å². The van der Waals surface area contributed by atoms with Crippen molar-refractivity contribution in [1.29, 1.82) is 0 Å². The van der Waals surface area contributed by atoms with E-state index in [0.717, 1.165) is 0 Å². The van der Waals surface area contributed by atoms with Crippen LogP contribution in [-0.4, -0.2) is 45.5 Å². The highest BCUT2D eigenvalue weighted by molar-refractivity contribution is 6.46. The molecule has 144 valence electrons. The third kappa shape index (κ3) is 2.01. The van der Waals surface area contributed by atoms with Gasteiger partial charge in [-0.25, -0.2) is 0 Å². The summed E-state index contributed by atoms with van der Waals surface area (Å²) in [5.41, 5.74) is -1.45. The molecule has 0 spiro atoms. The topological polar surface area (TPSA) is 125 Å². The van der Waals surface area contributed by atoms with Crippen LogP contribution in [0.1, 0.15) is 39.0 Å². The van der Waals surface area contributed by atoms with Gasteiger partial charge in [0.1, 0.15) is 27.0 Å². The number of hydrogen-bond acceptors (Lipinski definition) is 7. The van der Waals surface area contributed by atoms with Crippen molar-refractivity contribution in [1.82, 2.24) is 9.38 Å². The summed E-state index contributed by atoms with van der Waals surface area (Å²) in [7, 11) is 3.01. The Kier molecular flexibility index (Phi) is 3.39. The number of aromatic hydroxyl groups is 4. The number of phenolic OH excluding ortho intramolecular Hbond substituents is 3. The minimum atomic E-state index is -0.939. The fraction of sp³-hybridized carbons (Fsp3) is 0.333. The maximum atomic E-state index is 12.9. The van der Waals surface area contributed by atoms with Crippen LogP contribution < -0.4 is 16.5 Å². The van der Waals surface area contributed by atoms with Gasteiger partial charge in [-0.2, -0.15) is 4.98 Å². The Balaban J connectivity index is 2.42. The van der Waals surface area contributed by atoms with Crippen molar-refractivity contribution in [2.24, 2.45) is 0 Å². The summed E-state index contributed by atoms with van der Waals surface area (Å²) >= 11 is 0. The van der Waals surface area contributed by atoms with E-state index in [9.17, 15) is 25.2 Å². The van der Waals surface area contributed by atoms with E-state index in [1.54, 1.807) is 35.5 Å². The lowest BCUT2D eigenvalue weighted by Gasteiger charge is -2.25. The average Bonchev–Trinajstić information content (AvgIpc) is 2.78. The molecule has 0 fully saturated rings. The first-order valence-corrected chi connectivity index (χ1v) is 8.87. The molecule has 1 aromatic carbocycles. The van der Waals surface area contributed by atoms with Crippen molar-refractivity contribution in [3.63, 3.8) is 0 Å². The lowest BCUT2D eigenvalue weighted by Crippen LogP contribution is -2.28. The maximum absolute atomic E-state index is 12.9. The van der Waals surface area contributed by atoms with Gasteiger partial charge in [0, 0.05) is 5.39 Å². The van der Waals surface area contributed by atoms with E-state index in [2.05, 4.69) is 4.98 Å². The van der Waals surface area contributed by atoms with Crippen LogP contribution in [0.5, 0.6) is 23.1 Å². The van der Waals surface area contributed by atoms with Gasteiger partial charge in [0.25, 0.3) is 5.56 Å². The van der Waals surface area contributed by atoms with E-state index in [1.807, 2.05) is 0 Å². The summed E-state index contributed by atoms with van der Waals surface area (Å²) < 4.78 is 7.42. The first-order valence-electron chi connectivity index (χ1n) is 8.87. The molecule has 2 aromatic heterocycles. The molecular weight excluding hydrogens is 362 g/mol. The molecule has 1 aliphatic rings. The van der Waals surface area contributed by atoms with E-state index in [1.165, 1.54) is 12.2 Å². The fourth-order valence-electron chi connectivity index (χ4n) is 4.44. The average molecular weight is 382 g/mol. The van der Waals surface area contributed by atoms with Crippen molar-refractivity contribution >= 4 is 43.0 Å². The zero-order valence-electron chi connectivity index (χ0n) is 16.5. The lowest BCUT2D eigenvalue weighted by molar-refractivity contribution is -0.107. The van der Waals surface area contributed by atoms with Gasteiger partial charge in [-0.3, -0.25) is 9.20 Å². The van der Waals surface area contributed by atoms with E-state index in [4.69, 9.17) is 4.74 Å². The minimum Gasteiger partial charge on any atom is -0.508 e. The third-order valence-electron chi connectivity index (χ3n) is 5.58. The number of ether oxygens (including phenoxy) is 1. The molecule has 8 nitrogen and oxygen atoms in total. The number of fused-ring (bicyclic) bond motifs is 5. The first kappa shape index (κ1) is 18.5. The highest BCUT2D eigenvalue weighted by atomic mass is 16.5. The molecular formula is C18H20B2N2O6. The Labute approximate surface area is 161 Å². The van der Waals surface area contributed by atoms with E-state index in [-0.39, 0.29) is 39.0 Å². The molecule has 10 heteroatoms. The summed E-state index contributed by atoms with van der Waals surface area (Å²) in [5.74, 6) is -1.57. The standard InChI is InChI=1S/C18H20B2N2O6/c1-17(2)7-13(18(3,4)28-17)22-14(21-15(7)26)6-5(8(19)16(22)27)10(23)9(20)12(25)11(6)24/h23-25,27H,19-20H2,1-4H3. The fourth-order valence-corrected chi connectivity index (χ4v) is 4.44. The van der Waals surface area contributed by atoms with Crippen LogP contribution in [0, 0.1) is 0 Å². The largest absolute Gasteiger partial charge is 0.508 e. The first-order chi connectivity index (χ1) is 12.8. The molecule has 0 unspecified atom stereocenters. The normalized spacial score (nSPS) is 17.3. The monoisotopic (exact) mass is 382 g/mol. The molecule has 0 bridgehead atoms. The molecule has 28 heavy (non-hydrogen) atoms. The van der Waals surface area contributed by atoms with Gasteiger partial charge in [0.2, 0.25) is 0 Å². The number of phenols is 3. The molecule has 0 radical (unpaired) electrons. The Morgan fingerprint density at radius 1 is 0.893 bits per heavy atom. The third-order valence-corrected chi connectivity index (χ3v) is 5.58. The second kappa shape index (κ2) is 5.14. The maximum Gasteiger partial charge on any atom is 0.279 e. The minimum absolute atomic E-state index is 0.0173. The number of benzene rings is 1. The van der Waals surface area contributed by atoms with Crippen LogP contribution in [-0.2, 0) is 15.9 Å². The predicted molar refractivity (Wildman–Crippen MR) is 109 cm³/mol.